The van der Waals surface area contributed by atoms with Crippen LogP contribution in [0.3, 0.4) is 0 Å². The number of nitrogens with zero attached hydrogens (tertiary/aromatic N) is 1. The van der Waals surface area contributed by atoms with Gasteiger partial charge in [0.25, 0.3) is 0 Å². The molecule has 0 aromatic heterocycles. The molecule has 8 nitrogen and oxygen atoms in total. The lowest BCUT2D eigenvalue weighted by molar-refractivity contribution is -0.136. The van der Waals surface area contributed by atoms with E-state index in [0.29, 0.717) is 27.4 Å². The van der Waals surface area contributed by atoms with Crippen LogP contribution in [0.15, 0.2) is 84.0 Å². The summed E-state index contributed by atoms with van der Waals surface area (Å²) in [6.45, 7) is 0. The Kier molecular flexibility index (Phi) is 8.02. The van der Waals surface area contributed by atoms with Crippen molar-refractivity contribution in [3.8, 4) is 11.5 Å². The van der Waals surface area contributed by atoms with E-state index in [2.05, 4.69) is 15.8 Å². The van der Waals surface area contributed by atoms with E-state index < -0.39 is 17.8 Å². The van der Waals surface area contributed by atoms with Crippen molar-refractivity contribution in [2.45, 2.75) is 0 Å². The molecule has 0 fully saturated rings. The van der Waals surface area contributed by atoms with Gasteiger partial charge in [0.1, 0.15) is 11.5 Å². The molecule has 10 heteroatoms. The molecule has 0 bridgehead atoms. The van der Waals surface area contributed by atoms with Crippen molar-refractivity contribution in [3.05, 3.63) is 100 Å². The number of hydrazone groups is 1. The summed E-state index contributed by atoms with van der Waals surface area (Å²) in [5.41, 5.74) is 3.05. The monoisotopic (exact) mass is 535 g/mol. The van der Waals surface area contributed by atoms with E-state index in [1.807, 2.05) is 12.1 Å². The van der Waals surface area contributed by atoms with Crippen LogP contribution < -0.4 is 20.2 Å². The van der Waals surface area contributed by atoms with Gasteiger partial charge in [-0.15, -0.1) is 0 Å². The highest BCUT2D eigenvalue weighted by atomic mass is 35.5. The first-order valence-electron chi connectivity index (χ1n) is 10.8. The second-order valence-corrected chi connectivity index (χ2v) is 8.41. The molecule has 0 radical (unpaired) electrons. The molecule has 0 saturated carbocycles. The predicted octanol–water partition coefficient (Wildman–Crippen LogP) is 5.46. The van der Waals surface area contributed by atoms with Crippen molar-refractivity contribution in [2.24, 2.45) is 5.10 Å². The fourth-order valence-electron chi connectivity index (χ4n) is 3.44. The van der Waals surface area contributed by atoms with Gasteiger partial charge in [-0.25, -0.2) is 10.2 Å². The molecule has 0 spiro atoms. The fourth-order valence-corrected chi connectivity index (χ4v) is 3.93. The molecule has 0 aliphatic rings. The van der Waals surface area contributed by atoms with Crippen LogP contribution in [0.25, 0.3) is 10.8 Å². The van der Waals surface area contributed by atoms with Crippen LogP contribution in [0.2, 0.25) is 10.0 Å². The van der Waals surface area contributed by atoms with E-state index in [1.54, 1.807) is 48.5 Å². The first-order chi connectivity index (χ1) is 17.9. The van der Waals surface area contributed by atoms with Gasteiger partial charge in [-0.3, -0.25) is 9.59 Å². The number of nitrogens with one attached hydrogen (secondary N) is 2. The molecule has 0 heterocycles. The Labute approximate surface area is 221 Å². The maximum atomic E-state index is 12.8. The quantitative estimate of drug-likeness (QED) is 0.112. The summed E-state index contributed by atoms with van der Waals surface area (Å²) in [6, 6.07) is 21.8. The lowest BCUT2D eigenvalue weighted by atomic mass is 10.0. The van der Waals surface area contributed by atoms with Gasteiger partial charge in [0, 0.05) is 10.6 Å². The molecule has 4 rings (SSSR count). The summed E-state index contributed by atoms with van der Waals surface area (Å²) in [5, 5.41) is 8.44. The molecular formula is C27H19Cl2N3O5. The first kappa shape index (κ1) is 25.7. The van der Waals surface area contributed by atoms with Crippen LogP contribution in [0.4, 0.5) is 5.69 Å². The van der Waals surface area contributed by atoms with Crippen LogP contribution in [0.1, 0.15) is 15.9 Å². The number of amides is 2. The highest BCUT2D eigenvalue weighted by Gasteiger charge is 2.18. The summed E-state index contributed by atoms with van der Waals surface area (Å²) in [5.74, 6) is -2.08. The standard InChI is InChI=1S/C27H19Cl2N3O5/c1-36-24-9-5-4-8-22(24)31-25(33)26(34)32-30-15-20-18-7-3-2-6-16(18)10-13-23(20)37-27(35)19-12-11-17(28)14-21(19)29/h2-15H,1H3,(H,31,33)(H,32,34). The van der Waals surface area contributed by atoms with Crippen LogP contribution in [-0.2, 0) is 9.59 Å². The minimum Gasteiger partial charge on any atom is -0.495 e. The maximum absolute atomic E-state index is 12.8. The third-order valence-corrected chi connectivity index (χ3v) is 5.75. The number of anilines is 1. The average Bonchev–Trinajstić information content (AvgIpc) is 2.89. The summed E-state index contributed by atoms with van der Waals surface area (Å²) in [4.78, 5) is 37.4. The van der Waals surface area contributed by atoms with Crippen molar-refractivity contribution >= 4 is 63.7 Å². The Hall–Kier alpha value is -4.40. The summed E-state index contributed by atoms with van der Waals surface area (Å²) in [7, 11) is 1.45. The van der Waals surface area contributed by atoms with Gasteiger partial charge >= 0.3 is 17.8 Å². The number of fused-ring (bicyclic) bond motifs is 1. The molecule has 37 heavy (non-hydrogen) atoms. The van der Waals surface area contributed by atoms with Gasteiger partial charge in [-0.2, -0.15) is 5.10 Å². The van der Waals surface area contributed by atoms with Crippen molar-refractivity contribution in [1.29, 1.82) is 0 Å². The van der Waals surface area contributed by atoms with Gasteiger partial charge in [0.2, 0.25) is 0 Å². The van der Waals surface area contributed by atoms with Crippen molar-refractivity contribution in [3.63, 3.8) is 0 Å². The SMILES string of the molecule is COc1ccccc1NC(=O)C(=O)NN=Cc1c(OC(=O)c2ccc(Cl)cc2Cl)ccc2ccccc12. The molecule has 0 atom stereocenters. The number of benzene rings is 4. The molecule has 2 N–H and O–H groups in total. The molecular weight excluding hydrogens is 517 g/mol. The van der Waals surface area contributed by atoms with Gasteiger partial charge in [0.05, 0.1) is 29.6 Å². The predicted molar refractivity (Wildman–Crippen MR) is 143 cm³/mol. The number of carbonyl (C=O) groups excluding carboxylic acids is 3. The Balaban J connectivity index is 1.55. The van der Waals surface area contributed by atoms with Crippen molar-refractivity contribution in [1.82, 2.24) is 5.43 Å². The minimum absolute atomic E-state index is 0.128. The smallest absolute Gasteiger partial charge is 0.345 e. The molecule has 186 valence electrons. The Morgan fingerprint density at radius 3 is 2.41 bits per heavy atom. The van der Waals surface area contributed by atoms with Gasteiger partial charge in [0.15, 0.2) is 0 Å². The average molecular weight is 536 g/mol. The van der Waals surface area contributed by atoms with Crippen LogP contribution in [0, 0.1) is 0 Å². The molecule has 4 aromatic rings. The number of hydrogen-bond donors (Lipinski definition) is 2. The van der Waals surface area contributed by atoms with Crippen molar-refractivity contribution in [2.75, 3.05) is 12.4 Å². The number of halogens is 2. The number of para-hydroxylation sites is 2. The zero-order valence-electron chi connectivity index (χ0n) is 19.3. The first-order valence-corrected chi connectivity index (χ1v) is 11.6. The zero-order chi connectivity index (χ0) is 26.4. The van der Waals surface area contributed by atoms with E-state index in [0.717, 1.165) is 5.39 Å². The lowest BCUT2D eigenvalue weighted by Crippen LogP contribution is -2.32. The largest absolute Gasteiger partial charge is 0.495 e. The molecule has 0 aliphatic carbocycles. The maximum Gasteiger partial charge on any atom is 0.345 e. The van der Waals surface area contributed by atoms with E-state index in [1.165, 1.54) is 31.5 Å². The van der Waals surface area contributed by atoms with E-state index in [-0.39, 0.29) is 16.3 Å². The van der Waals surface area contributed by atoms with E-state index in [4.69, 9.17) is 32.7 Å². The fraction of sp³-hybridized carbons (Fsp3) is 0.0370. The summed E-state index contributed by atoms with van der Waals surface area (Å²) < 4.78 is 10.8. The van der Waals surface area contributed by atoms with Crippen LogP contribution in [0.5, 0.6) is 11.5 Å². The number of carbonyl (C=O) groups is 3. The van der Waals surface area contributed by atoms with Gasteiger partial charge in [-0.1, -0.05) is 65.7 Å². The molecule has 0 saturated heterocycles. The van der Waals surface area contributed by atoms with E-state index in [9.17, 15) is 14.4 Å². The second-order valence-electron chi connectivity index (χ2n) is 7.57. The Bertz CT molecular complexity index is 1540. The number of hydrogen-bond acceptors (Lipinski definition) is 6. The minimum atomic E-state index is -1.01. The molecule has 0 aliphatic heterocycles. The number of esters is 1. The molecule has 4 aromatic carbocycles. The highest BCUT2D eigenvalue weighted by molar-refractivity contribution is 6.39. The van der Waals surface area contributed by atoms with Gasteiger partial charge < -0.3 is 14.8 Å². The second kappa shape index (κ2) is 11.6. The zero-order valence-corrected chi connectivity index (χ0v) is 20.8. The third kappa shape index (κ3) is 6.06. The molecule has 0 unspecified atom stereocenters. The third-order valence-electron chi connectivity index (χ3n) is 5.21. The summed E-state index contributed by atoms with van der Waals surface area (Å²) >= 11 is 12.1. The van der Waals surface area contributed by atoms with Crippen molar-refractivity contribution < 1.29 is 23.9 Å². The summed E-state index contributed by atoms with van der Waals surface area (Å²) in [6.07, 6.45) is 1.29. The van der Waals surface area contributed by atoms with Crippen LogP contribution >= 0.6 is 23.2 Å². The normalized spacial score (nSPS) is 10.8. The highest BCUT2D eigenvalue weighted by Crippen LogP contribution is 2.29. The van der Waals surface area contributed by atoms with Crippen LogP contribution in [-0.4, -0.2) is 31.1 Å². The van der Waals surface area contributed by atoms with E-state index >= 15 is 0 Å². The lowest BCUT2D eigenvalue weighted by Gasteiger charge is -2.11. The molecule has 2 amide bonds. The topological polar surface area (TPSA) is 106 Å². The van der Waals surface area contributed by atoms with Gasteiger partial charge in [-0.05, 0) is 47.2 Å². The number of methoxy groups -OCH3 is 1. The number of rotatable bonds is 6. The Morgan fingerprint density at radius 2 is 1.62 bits per heavy atom. The Morgan fingerprint density at radius 1 is 0.865 bits per heavy atom. The number of ether oxygens (including phenoxy) is 2.